The third-order valence-corrected chi connectivity index (χ3v) is 9.83. The van der Waals surface area contributed by atoms with Crippen LogP contribution in [0.25, 0.3) is 0 Å². The third kappa shape index (κ3) is 4.37. The molecule has 0 radical (unpaired) electrons. The maximum Gasteiger partial charge on any atom is 0.343 e. The molecular formula is C29H24FO3P. The molecule has 34 heavy (non-hydrogen) atoms. The van der Waals surface area contributed by atoms with Gasteiger partial charge in [0.2, 0.25) is 5.78 Å². The lowest BCUT2D eigenvalue weighted by Gasteiger charge is -2.31. The first-order valence-electron chi connectivity index (χ1n) is 11.0. The second-order valence-corrected chi connectivity index (χ2v) is 10.9. The molecule has 0 amide bonds. The van der Waals surface area contributed by atoms with Crippen LogP contribution in [-0.4, -0.2) is 23.7 Å². The summed E-state index contributed by atoms with van der Waals surface area (Å²) in [6, 6.07) is 34.1. The van der Waals surface area contributed by atoms with Crippen LogP contribution in [0.3, 0.4) is 0 Å². The number of carbonyl (C=O) groups excluding carboxylic acids is 2. The van der Waals surface area contributed by atoms with Crippen molar-refractivity contribution < 1.29 is 18.7 Å². The Morgan fingerprint density at radius 1 is 0.676 bits per heavy atom. The van der Waals surface area contributed by atoms with E-state index in [0.29, 0.717) is 0 Å². The molecule has 4 rings (SSSR count). The van der Waals surface area contributed by atoms with E-state index >= 15 is 0 Å². The normalized spacial score (nSPS) is 11.0. The van der Waals surface area contributed by atoms with Crippen LogP contribution in [-0.2, 0) is 9.53 Å². The largest absolute Gasteiger partial charge is 0.462 e. The molecule has 0 N–H and O–H groups in total. The SMILES string of the molecule is CCOC(=O)C(C(=O)c1ccc(F)cc1)=P(c1ccccc1)(c1ccccc1)c1ccccc1. The number of rotatable bonds is 7. The smallest absolute Gasteiger partial charge is 0.343 e. The van der Waals surface area contributed by atoms with Gasteiger partial charge in [0, 0.05) is 5.56 Å². The van der Waals surface area contributed by atoms with Crippen molar-refractivity contribution in [1.82, 2.24) is 0 Å². The highest BCUT2D eigenvalue weighted by atomic mass is 31.2. The Balaban J connectivity index is 2.24. The summed E-state index contributed by atoms with van der Waals surface area (Å²) in [7, 11) is 0. The van der Waals surface area contributed by atoms with E-state index in [2.05, 4.69) is 0 Å². The van der Waals surface area contributed by atoms with Crippen molar-refractivity contribution in [2.45, 2.75) is 6.92 Å². The Hall–Kier alpha value is -3.75. The highest BCUT2D eigenvalue weighted by Crippen LogP contribution is 2.47. The number of hydrogen-bond donors (Lipinski definition) is 0. The van der Waals surface area contributed by atoms with Crippen molar-refractivity contribution in [3.05, 3.63) is 127 Å². The van der Waals surface area contributed by atoms with E-state index in [4.69, 9.17) is 4.74 Å². The molecule has 4 aromatic carbocycles. The molecule has 0 heterocycles. The van der Waals surface area contributed by atoms with Crippen LogP contribution in [0.4, 0.5) is 4.39 Å². The average molecular weight is 470 g/mol. The lowest BCUT2D eigenvalue weighted by Crippen LogP contribution is -2.38. The lowest BCUT2D eigenvalue weighted by molar-refractivity contribution is -0.134. The van der Waals surface area contributed by atoms with Gasteiger partial charge in [-0.05, 0) is 54.0 Å². The van der Waals surface area contributed by atoms with Gasteiger partial charge in [0.25, 0.3) is 0 Å². The molecule has 3 nitrogen and oxygen atoms in total. The Kier molecular flexibility index (Phi) is 7.20. The molecule has 0 atom stereocenters. The van der Waals surface area contributed by atoms with Crippen LogP contribution in [0.2, 0.25) is 0 Å². The first-order chi connectivity index (χ1) is 16.6. The van der Waals surface area contributed by atoms with Crippen LogP contribution in [0.1, 0.15) is 17.3 Å². The zero-order valence-corrected chi connectivity index (χ0v) is 19.6. The molecule has 0 bridgehead atoms. The van der Waals surface area contributed by atoms with E-state index < -0.39 is 24.5 Å². The number of carbonyl (C=O) groups is 2. The van der Waals surface area contributed by atoms with Gasteiger partial charge in [0.1, 0.15) is 11.1 Å². The van der Waals surface area contributed by atoms with Gasteiger partial charge < -0.3 is 4.74 Å². The zero-order chi connectivity index (χ0) is 24.0. The van der Waals surface area contributed by atoms with E-state index in [-0.39, 0.29) is 17.5 Å². The molecule has 5 heteroatoms. The van der Waals surface area contributed by atoms with Gasteiger partial charge in [0.15, 0.2) is 0 Å². The molecular weight excluding hydrogens is 446 g/mol. The van der Waals surface area contributed by atoms with Crippen molar-refractivity contribution in [3.8, 4) is 0 Å². The summed E-state index contributed by atoms with van der Waals surface area (Å²) in [4.78, 5) is 27.8. The fraction of sp³-hybridized carbons (Fsp3) is 0.0690. The lowest BCUT2D eigenvalue weighted by atomic mass is 10.1. The van der Waals surface area contributed by atoms with Gasteiger partial charge in [0.05, 0.1) is 6.61 Å². The van der Waals surface area contributed by atoms with Gasteiger partial charge in [-0.2, -0.15) is 0 Å². The zero-order valence-electron chi connectivity index (χ0n) is 18.7. The maximum atomic E-state index is 14.1. The quantitative estimate of drug-likeness (QED) is 0.170. The van der Waals surface area contributed by atoms with Crippen LogP contribution in [0, 0.1) is 5.82 Å². The minimum absolute atomic E-state index is 0.0598. The minimum Gasteiger partial charge on any atom is -0.462 e. The number of esters is 1. The van der Waals surface area contributed by atoms with Crippen LogP contribution < -0.4 is 15.9 Å². The summed E-state index contributed by atoms with van der Waals surface area (Å²) < 4.78 is 19.2. The first-order valence-corrected chi connectivity index (χ1v) is 12.8. The average Bonchev–Trinajstić information content (AvgIpc) is 2.89. The molecule has 0 aliphatic carbocycles. The molecule has 0 spiro atoms. The summed E-state index contributed by atoms with van der Waals surface area (Å²) in [6.07, 6.45) is 0. The molecule has 0 aromatic heterocycles. The Morgan fingerprint density at radius 3 is 1.47 bits per heavy atom. The minimum atomic E-state index is -2.98. The van der Waals surface area contributed by atoms with E-state index in [9.17, 15) is 14.0 Å². The summed E-state index contributed by atoms with van der Waals surface area (Å²) in [5.74, 6) is -1.59. The number of hydrogen-bond acceptors (Lipinski definition) is 3. The highest BCUT2D eigenvalue weighted by molar-refractivity contribution is 7.97. The molecule has 0 saturated carbocycles. The summed E-state index contributed by atoms with van der Waals surface area (Å²) in [5, 5.41) is 2.62. The van der Waals surface area contributed by atoms with Crippen molar-refractivity contribution >= 4 is 39.8 Å². The summed E-state index contributed by atoms with van der Waals surface area (Å²) in [5.41, 5.74) is 0.233. The predicted molar refractivity (Wildman–Crippen MR) is 138 cm³/mol. The van der Waals surface area contributed by atoms with Crippen LogP contribution >= 0.6 is 6.89 Å². The molecule has 0 saturated heterocycles. The van der Waals surface area contributed by atoms with Gasteiger partial charge >= 0.3 is 5.97 Å². The Bertz CT molecular complexity index is 1230. The van der Waals surface area contributed by atoms with E-state index in [0.717, 1.165) is 15.9 Å². The van der Waals surface area contributed by atoms with Crippen molar-refractivity contribution in [3.63, 3.8) is 0 Å². The van der Waals surface area contributed by atoms with Crippen LogP contribution in [0.15, 0.2) is 115 Å². The first kappa shape index (κ1) is 23.4. The number of halogens is 1. The van der Waals surface area contributed by atoms with Gasteiger partial charge in [-0.25, -0.2) is 9.18 Å². The number of ketones is 1. The molecule has 170 valence electrons. The topological polar surface area (TPSA) is 43.4 Å². The fourth-order valence-electron chi connectivity index (χ4n) is 4.11. The van der Waals surface area contributed by atoms with Crippen molar-refractivity contribution in [2.24, 2.45) is 0 Å². The van der Waals surface area contributed by atoms with E-state index in [1.54, 1.807) is 6.92 Å². The second kappa shape index (κ2) is 10.5. The van der Waals surface area contributed by atoms with Gasteiger partial charge in [-0.3, -0.25) is 4.79 Å². The molecule has 0 unspecified atom stereocenters. The molecule has 0 aliphatic rings. The number of Topliss-reactive ketones (excluding diaryl/α,β-unsaturated/α-hetero) is 1. The monoisotopic (exact) mass is 470 g/mol. The molecule has 4 aromatic rings. The molecule has 0 fully saturated rings. The third-order valence-electron chi connectivity index (χ3n) is 5.56. The van der Waals surface area contributed by atoms with E-state index in [1.807, 2.05) is 91.0 Å². The fourth-order valence-corrected chi connectivity index (χ4v) is 8.41. The van der Waals surface area contributed by atoms with Gasteiger partial charge in [-0.1, -0.05) is 91.0 Å². The predicted octanol–water partition coefficient (Wildman–Crippen LogP) is 4.74. The molecule has 0 aliphatic heterocycles. The standard InChI is InChI=1S/C29H24FO3P/c1-2-33-29(32)28(27(31)22-18-20-23(30)21-19-22)34(24-12-6-3-7-13-24,25-14-8-4-9-15-25)26-16-10-5-11-17-26/h3-21H,2H2,1H3. The highest BCUT2D eigenvalue weighted by Gasteiger charge is 2.38. The maximum absolute atomic E-state index is 14.1. The second-order valence-electron chi connectivity index (χ2n) is 7.58. The Morgan fingerprint density at radius 2 is 1.09 bits per heavy atom. The summed E-state index contributed by atoms with van der Waals surface area (Å²) in [6.45, 7) is -1.15. The van der Waals surface area contributed by atoms with Gasteiger partial charge in [-0.15, -0.1) is 0 Å². The number of ether oxygens (including phenoxy) is 1. The van der Waals surface area contributed by atoms with Crippen molar-refractivity contribution in [1.29, 1.82) is 0 Å². The summed E-state index contributed by atoms with van der Waals surface area (Å²) >= 11 is 0. The Labute approximate surface area is 198 Å². The van der Waals surface area contributed by atoms with Crippen LogP contribution in [0.5, 0.6) is 0 Å². The van der Waals surface area contributed by atoms with E-state index in [1.165, 1.54) is 24.3 Å². The number of benzene rings is 4. The van der Waals surface area contributed by atoms with Crippen molar-refractivity contribution in [2.75, 3.05) is 6.61 Å².